The minimum atomic E-state index is -4.60. The van der Waals surface area contributed by atoms with Gasteiger partial charge in [0.15, 0.2) is 0 Å². The molecule has 1 aliphatic rings. The number of rotatable bonds is 5. The first-order valence-corrected chi connectivity index (χ1v) is 11.4. The largest absolute Gasteiger partial charge is 0.465 e. The summed E-state index contributed by atoms with van der Waals surface area (Å²) in [6.45, 7) is -0.123. The Balaban J connectivity index is 1.69. The molecule has 1 saturated carbocycles. The average molecular weight is 497 g/mol. The molecule has 186 valence electrons. The Morgan fingerprint density at radius 2 is 1.78 bits per heavy atom. The highest BCUT2D eigenvalue weighted by atomic mass is 19.4. The van der Waals surface area contributed by atoms with Gasteiger partial charge in [0, 0.05) is 11.1 Å². The van der Waals surface area contributed by atoms with Gasteiger partial charge < -0.3 is 14.8 Å². The molecule has 5 rings (SSSR count). The lowest BCUT2D eigenvalue weighted by atomic mass is 9.72. The lowest BCUT2D eigenvalue weighted by Crippen LogP contribution is -2.50. The van der Waals surface area contributed by atoms with Gasteiger partial charge in [0.25, 0.3) is 5.56 Å². The van der Waals surface area contributed by atoms with Crippen LogP contribution in [0.25, 0.3) is 33.6 Å². The summed E-state index contributed by atoms with van der Waals surface area (Å²) in [6.07, 6.45) is -3.43. The number of furan rings is 1. The molecule has 10 heteroatoms. The topological polar surface area (TPSA) is 97.4 Å². The predicted molar refractivity (Wildman–Crippen MR) is 127 cm³/mol. The fraction of sp³-hybridized carbons (Fsp3) is 0.269. The standard InChI is InChI=1S/C26H22F3N3O4/c1-15-30-22-20(23(33)32(15)14-26(27,28)29)19(16-6-3-2-4-7-16)21(36-22)17-8-10-18(11-9-17)25(12-5-13-25)31-24(34)35/h2-4,6-11,31H,5,12-14H2,1H3,(H,34,35). The normalized spacial score (nSPS) is 15.0. The van der Waals surface area contributed by atoms with Crippen molar-refractivity contribution in [3.63, 3.8) is 0 Å². The highest BCUT2D eigenvalue weighted by Gasteiger charge is 2.40. The number of aryl methyl sites for hydroxylation is 1. The summed E-state index contributed by atoms with van der Waals surface area (Å²) in [5, 5.41) is 11.8. The number of hydrogen-bond acceptors (Lipinski definition) is 4. The number of hydrogen-bond donors (Lipinski definition) is 2. The number of halogens is 3. The van der Waals surface area contributed by atoms with Crippen LogP contribution >= 0.6 is 0 Å². The van der Waals surface area contributed by atoms with Crippen molar-refractivity contribution >= 4 is 17.2 Å². The van der Waals surface area contributed by atoms with E-state index in [1.807, 2.05) is 0 Å². The molecule has 2 aromatic heterocycles. The van der Waals surface area contributed by atoms with E-state index in [1.54, 1.807) is 54.6 Å². The molecule has 0 spiro atoms. The Hall–Kier alpha value is -4.08. The molecule has 7 nitrogen and oxygen atoms in total. The zero-order valence-electron chi connectivity index (χ0n) is 19.2. The quantitative estimate of drug-likeness (QED) is 0.361. The van der Waals surface area contributed by atoms with E-state index in [2.05, 4.69) is 10.3 Å². The minimum absolute atomic E-state index is 0.0295. The van der Waals surface area contributed by atoms with E-state index in [-0.39, 0.29) is 16.9 Å². The fourth-order valence-electron chi connectivity index (χ4n) is 4.80. The zero-order chi connectivity index (χ0) is 25.7. The van der Waals surface area contributed by atoms with Crippen LogP contribution < -0.4 is 10.9 Å². The Morgan fingerprint density at radius 1 is 1.11 bits per heavy atom. The van der Waals surface area contributed by atoms with Gasteiger partial charge in [-0.2, -0.15) is 18.2 Å². The van der Waals surface area contributed by atoms with Crippen LogP contribution in [-0.4, -0.2) is 26.9 Å². The number of carboxylic acid groups (broad SMARTS) is 1. The predicted octanol–water partition coefficient (Wildman–Crippen LogP) is 5.84. The first-order chi connectivity index (χ1) is 17.1. The maximum absolute atomic E-state index is 13.3. The maximum Gasteiger partial charge on any atom is 0.406 e. The molecular formula is C26H22F3N3O4. The molecule has 4 aromatic rings. The van der Waals surface area contributed by atoms with Gasteiger partial charge in [-0.3, -0.25) is 9.36 Å². The van der Waals surface area contributed by atoms with E-state index in [4.69, 9.17) is 4.42 Å². The third kappa shape index (κ3) is 4.12. The molecule has 0 bridgehead atoms. The van der Waals surface area contributed by atoms with Crippen LogP contribution in [0.5, 0.6) is 0 Å². The molecule has 0 atom stereocenters. The third-order valence-electron chi connectivity index (χ3n) is 6.66. The third-order valence-corrected chi connectivity index (χ3v) is 6.66. The van der Waals surface area contributed by atoms with Crippen LogP contribution in [0.2, 0.25) is 0 Å². The van der Waals surface area contributed by atoms with Crippen molar-refractivity contribution in [1.29, 1.82) is 0 Å². The Kier molecular flexibility index (Phi) is 5.61. The number of nitrogens with one attached hydrogen (secondary N) is 1. The van der Waals surface area contributed by atoms with E-state index in [0.29, 0.717) is 39.9 Å². The molecule has 0 saturated heterocycles. The van der Waals surface area contributed by atoms with Crippen LogP contribution in [0.3, 0.4) is 0 Å². The van der Waals surface area contributed by atoms with Gasteiger partial charge in [0.05, 0.1) is 5.54 Å². The maximum atomic E-state index is 13.3. The monoisotopic (exact) mass is 497 g/mol. The first kappa shape index (κ1) is 23.7. The van der Waals surface area contributed by atoms with E-state index in [0.717, 1.165) is 12.0 Å². The molecule has 1 fully saturated rings. The van der Waals surface area contributed by atoms with Gasteiger partial charge in [-0.1, -0.05) is 54.6 Å². The number of fused-ring (bicyclic) bond motifs is 1. The van der Waals surface area contributed by atoms with Crippen molar-refractivity contribution < 1.29 is 27.5 Å². The van der Waals surface area contributed by atoms with Crippen molar-refractivity contribution in [3.8, 4) is 22.5 Å². The summed E-state index contributed by atoms with van der Waals surface area (Å²) in [5.74, 6) is 0.192. The second-order valence-corrected chi connectivity index (χ2v) is 8.96. The summed E-state index contributed by atoms with van der Waals surface area (Å²) in [4.78, 5) is 28.8. The highest BCUT2D eigenvalue weighted by Crippen LogP contribution is 2.43. The summed E-state index contributed by atoms with van der Waals surface area (Å²) in [6, 6.07) is 15.9. The number of nitrogens with zero attached hydrogens (tertiary/aromatic N) is 2. The molecule has 0 radical (unpaired) electrons. The Labute approximate surface area is 203 Å². The second kappa shape index (κ2) is 8.54. The van der Waals surface area contributed by atoms with Crippen LogP contribution in [-0.2, 0) is 12.1 Å². The smallest absolute Gasteiger partial charge is 0.406 e. The van der Waals surface area contributed by atoms with E-state index >= 15 is 0 Å². The molecular weight excluding hydrogens is 475 g/mol. The Bertz CT molecular complexity index is 1500. The van der Waals surface area contributed by atoms with Crippen molar-refractivity contribution in [2.45, 2.75) is 44.4 Å². The van der Waals surface area contributed by atoms with E-state index in [9.17, 15) is 27.9 Å². The molecule has 2 heterocycles. The summed E-state index contributed by atoms with van der Waals surface area (Å²) >= 11 is 0. The van der Waals surface area contributed by atoms with Crippen LogP contribution in [0, 0.1) is 6.92 Å². The Morgan fingerprint density at radius 3 is 2.33 bits per heavy atom. The second-order valence-electron chi connectivity index (χ2n) is 8.96. The molecule has 2 N–H and O–H groups in total. The van der Waals surface area contributed by atoms with Crippen LogP contribution in [0.1, 0.15) is 30.7 Å². The van der Waals surface area contributed by atoms with Gasteiger partial charge in [-0.15, -0.1) is 0 Å². The van der Waals surface area contributed by atoms with Crippen molar-refractivity contribution in [3.05, 3.63) is 76.3 Å². The summed E-state index contributed by atoms with van der Waals surface area (Å²) < 4.78 is 46.2. The molecule has 36 heavy (non-hydrogen) atoms. The summed E-state index contributed by atoms with van der Waals surface area (Å²) in [7, 11) is 0. The molecule has 1 aliphatic carbocycles. The van der Waals surface area contributed by atoms with Gasteiger partial charge in [0.1, 0.15) is 23.5 Å². The summed E-state index contributed by atoms with van der Waals surface area (Å²) in [5.41, 5.74) is 0.813. The van der Waals surface area contributed by atoms with Crippen molar-refractivity contribution in [2.75, 3.05) is 0 Å². The van der Waals surface area contributed by atoms with Gasteiger partial charge in [-0.05, 0) is 37.3 Å². The number of carbonyl (C=O) groups is 1. The van der Waals surface area contributed by atoms with Crippen molar-refractivity contribution in [2.24, 2.45) is 0 Å². The average Bonchev–Trinajstić information content (AvgIpc) is 3.18. The van der Waals surface area contributed by atoms with Crippen molar-refractivity contribution in [1.82, 2.24) is 14.9 Å². The van der Waals surface area contributed by atoms with E-state index < -0.39 is 29.9 Å². The molecule has 1 amide bonds. The highest BCUT2D eigenvalue weighted by molar-refractivity contribution is 6.00. The number of benzene rings is 2. The number of aromatic nitrogens is 2. The van der Waals surface area contributed by atoms with Crippen LogP contribution in [0.4, 0.5) is 18.0 Å². The van der Waals surface area contributed by atoms with Gasteiger partial charge >= 0.3 is 12.3 Å². The molecule has 0 unspecified atom stereocenters. The minimum Gasteiger partial charge on any atom is -0.465 e. The number of alkyl halides is 3. The fourth-order valence-corrected chi connectivity index (χ4v) is 4.80. The van der Waals surface area contributed by atoms with Gasteiger partial charge in [-0.25, -0.2) is 4.79 Å². The lowest BCUT2D eigenvalue weighted by molar-refractivity contribution is -0.141. The van der Waals surface area contributed by atoms with Crippen LogP contribution in [0.15, 0.2) is 63.8 Å². The number of amides is 1. The van der Waals surface area contributed by atoms with E-state index in [1.165, 1.54) is 6.92 Å². The van der Waals surface area contributed by atoms with Gasteiger partial charge in [0.2, 0.25) is 5.71 Å². The first-order valence-electron chi connectivity index (χ1n) is 11.4. The molecule has 0 aliphatic heterocycles. The zero-order valence-corrected chi connectivity index (χ0v) is 19.2. The molecule has 2 aromatic carbocycles. The lowest BCUT2D eigenvalue weighted by Gasteiger charge is -2.42. The SMILES string of the molecule is Cc1nc2oc(-c3ccc(C4(NC(=O)O)CCC4)cc3)c(-c3ccccc3)c2c(=O)n1CC(F)(F)F.